The van der Waals surface area contributed by atoms with Gasteiger partial charge in [0.05, 0.1) is 0 Å². The lowest BCUT2D eigenvalue weighted by molar-refractivity contribution is 0.142. The van der Waals surface area contributed by atoms with Crippen molar-refractivity contribution >= 4 is 23.4 Å². The zero-order valence-electron chi connectivity index (χ0n) is 13.7. The van der Waals surface area contributed by atoms with E-state index in [-0.39, 0.29) is 0 Å². The van der Waals surface area contributed by atoms with Gasteiger partial charge in [-0.05, 0) is 55.8 Å². The third kappa shape index (κ3) is 4.40. The summed E-state index contributed by atoms with van der Waals surface area (Å²) in [6.45, 7) is 7.18. The third-order valence-electron chi connectivity index (χ3n) is 5.26. The molecule has 1 fully saturated rings. The zero-order valence-corrected chi connectivity index (χ0v) is 15.2. The summed E-state index contributed by atoms with van der Waals surface area (Å²) in [5, 5.41) is 5.00. The Balaban J connectivity index is 2.10. The van der Waals surface area contributed by atoms with Gasteiger partial charge >= 0.3 is 0 Å². The molecule has 0 saturated heterocycles. The minimum absolute atomic E-state index is 0.450. The molecule has 0 heterocycles. The van der Waals surface area contributed by atoms with E-state index in [2.05, 4.69) is 51.3 Å². The van der Waals surface area contributed by atoms with E-state index >= 15 is 0 Å². The van der Waals surface area contributed by atoms with Crippen molar-refractivity contribution in [1.82, 2.24) is 5.32 Å². The Kier molecular flexibility index (Phi) is 6.05. The molecular weight excluding hydrogens is 298 g/mol. The summed E-state index contributed by atoms with van der Waals surface area (Å²) >= 11 is 8.12. The average molecular weight is 326 g/mol. The van der Waals surface area contributed by atoms with E-state index in [0.29, 0.717) is 16.7 Å². The molecule has 2 rings (SSSR count). The third-order valence-corrected chi connectivity index (χ3v) is 6.85. The highest BCUT2D eigenvalue weighted by Crippen LogP contribution is 2.45. The van der Waals surface area contributed by atoms with Crippen LogP contribution in [0.4, 0.5) is 0 Å². The van der Waals surface area contributed by atoms with Crippen molar-refractivity contribution in [2.75, 3.05) is 7.05 Å². The molecule has 1 nitrogen and oxygen atoms in total. The molecule has 1 aliphatic rings. The first-order valence-corrected chi connectivity index (χ1v) is 9.31. The largest absolute Gasteiger partial charge is 0.316 e. The number of thioether (sulfide) groups is 1. The molecule has 0 amide bonds. The summed E-state index contributed by atoms with van der Waals surface area (Å²) in [6, 6.07) is 8.88. The van der Waals surface area contributed by atoms with Gasteiger partial charge in [0.15, 0.2) is 0 Å². The lowest BCUT2D eigenvalue weighted by Crippen LogP contribution is -2.43. The van der Waals surface area contributed by atoms with Crippen molar-refractivity contribution < 1.29 is 0 Å². The molecule has 3 heteroatoms. The number of hydrogen-bond acceptors (Lipinski definition) is 2. The first kappa shape index (κ1) is 17.2. The second-order valence-electron chi connectivity index (χ2n) is 6.86. The number of halogens is 1. The van der Waals surface area contributed by atoms with Crippen LogP contribution in [0.2, 0.25) is 5.02 Å². The van der Waals surface area contributed by atoms with E-state index in [1.54, 1.807) is 0 Å². The summed E-state index contributed by atoms with van der Waals surface area (Å²) in [5.41, 5.74) is 0.450. The summed E-state index contributed by atoms with van der Waals surface area (Å²) in [7, 11) is 2.10. The Hall–Kier alpha value is -0.180. The van der Waals surface area contributed by atoms with Gasteiger partial charge < -0.3 is 5.32 Å². The van der Waals surface area contributed by atoms with E-state index in [1.807, 2.05) is 17.8 Å². The smallest absolute Gasteiger partial charge is 0.0417 e. The van der Waals surface area contributed by atoms with Gasteiger partial charge in [-0.2, -0.15) is 0 Å². The average Bonchev–Trinajstić information content (AvgIpc) is 2.47. The van der Waals surface area contributed by atoms with E-state index < -0.39 is 0 Å². The molecule has 0 aromatic heterocycles. The lowest BCUT2D eigenvalue weighted by Gasteiger charge is -2.43. The first-order valence-electron chi connectivity index (χ1n) is 8.05. The molecule has 0 radical (unpaired) electrons. The highest BCUT2D eigenvalue weighted by atomic mass is 35.5. The van der Waals surface area contributed by atoms with Gasteiger partial charge in [-0.1, -0.05) is 44.9 Å². The fourth-order valence-corrected chi connectivity index (χ4v) is 5.02. The van der Waals surface area contributed by atoms with Crippen LogP contribution in [-0.4, -0.2) is 18.3 Å². The van der Waals surface area contributed by atoms with Crippen LogP contribution >= 0.6 is 23.4 Å². The van der Waals surface area contributed by atoms with E-state index in [0.717, 1.165) is 10.9 Å². The van der Waals surface area contributed by atoms with Crippen molar-refractivity contribution in [2.45, 2.75) is 62.6 Å². The molecule has 0 bridgehead atoms. The topological polar surface area (TPSA) is 12.0 Å². The standard InChI is InChI=1S/C18H28ClNS/c1-5-18(2,3)13-9-10-16(20-4)17(11-13)21-15-8-6-7-14(19)12-15/h6-8,12-13,16-17,20H,5,9-11H2,1-4H3. The molecule has 0 aliphatic heterocycles. The molecule has 1 aromatic carbocycles. The van der Waals surface area contributed by atoms with E-state index in [9.17, 15) is 0 Å². The quantitative estimate of drug-likeness (QED) is 0.753. The Morgan fingerprint density at radius 3 is 2.71 bits per heavy atom. The fraction of sp³-hybridized carbons (Fsp3) is 0.667. The minimum atomic E-state index is 0.450. The summed E-state index contributed by atoms with van der Waals surface area (Å²) in [5.74, 6) is 0.823. The van der Waals surface area contributed by atoms with Gasteiger partial charge in [0.2, 0.25) is 0 Å². The molecule has 21 heavy (non-hydrogen) atoms. The molecule has 3 atom stereocenters. The summed E-state index contributed by atoms with van der Waals surface area (Å²) in [6.07, 6.45) is 5.18. The summed E-state index contributed by atoms with van der Waals surface area (Å²) < 4.78 is 0. The van der Waals surface area contributed by atoms with Crippen molar-refractivity contribution in [1.29, 1.82) is 0 Å². The number of benzene rings is 1. The number of rotatable bonds is 5. The van der Waals surface area contributed by atoms with E-state index in [1.165, 1.54) is 30.6 Å². The van der Waals surface area contributed by atoms with Gasteiger partial charge in [0.1, 0.15) is 0 Å². The van der Waals surface area contributed by atoms with Gasteiger partial charge in [-0.25, -0.2) is 0 Å². The van der Waals surface area contributed by atoms with Crippen LogP contribution in [0.5, 0.6) is 0 Å². The predicted octanol–water partition coefficient (Wildman–Crippen LogP) is 5.63. The van der Waals surface area contributed by atoms with E-state index in [4.69, 9.17) is 11.6 Å². The first-order chi connectivity index (χ1) is 9.96. The van der Waals surface area contributed by atoms with Gasteiger partial charge in [0, 0.05) is 21.2 Å². The van der Waals surface area contributed by atoms with Crippen LogP contribution in [0.1, 0.15) is 46.5 Å². The fourth-order valence-electron chi connectivity index (χ4n) is 3.30. The highest BCUT2D eigenvalue weighted by Gasteiger charge is 2.37. The molecular formula is C18H28ClNS. The van der Waals surface area contributed by atoms with Crippen molar-refractivity contribution in [3.8, 4) is 0 Å². The number of nitrogens with one attached hydrogen (secondary N) is 1. The monoisotopic (exact) mass is 325 g/mol. The lowest BCUT2D eigenvalue weighted by atomic mass is 9.68. The Morgan fingerprint density at radius 2 is 2.10 bits per heavy atom. The SMILES string of the molecule is CCC(C)(C)C1CCC(NC)C(Sc2cccc(Cl)c2)C1. The molecule has 1 aliphatic carbocycles. The predicted molar refractivity (Wildman–Crippen MR) is 95.4 cm³/mol. The molecule has 0 spiro atoms. The molecule has 1 saturated carbocycles. The molecule has 118 valence electrons. The Morgan fingerprint density at radius 1 is 1.33 bits per heavy atom. The maximum Gasteiger partial charge on any atom is 0.0417 e. The van der Waals surface area contributed by atoms with Crippen LogP contribution in [0, 0.1) is 11.3 Å². The van der Waals surface area contributed by atoms with Crippen molar-refractivity contribution in [2.24, 2.45) is 11.3 Å². The zero-order chi connectivity index (χ0) is 15.5. The minimum Gasteiger partial charge on any atom is -0.316 e. The van der Waals surface area contributed by atoms with Crippen LogP contribution in [0.25, 0.3) is 0 Å². The van der Waals surface area contributed by atoms with Crippen LogP contribution in [-0.2, 0) is 0 Å². The van der Waals surface area contributed by atoms with Crippen molar-refractivity contribution in [3.05, 3.63) is 29.3 Å². The second-order valence-corrected chi connectivity index (χ2v) is 8.61. The highest BCUT2D eigenvalue weighted by molar-refractivity contribution is 8.00. The maximum absolute atomic E-state index is 6.13. The molecule has 1 N–H and O–H groups in total. The van der Waals surface area contributed by atoms with Crippen LogP contribution < -0.4 is 5.32 Å². The Labute approximate surface area is 139 Å². The van der Waals surface area contributed by atoms with Crippen LogP contribution in [0.3, 0.4) is 0 Å². The van der Waals surface area contributed by atoms with Gasteiger partial charge in [-0.15, -0.1) is 11.8 Å². The van der Waals surface area contributed by atoms with Gasteiger partial charge in [0.25, 0.3) is 0 Å². The van der Waals surface area contributed by atoms with Crippen LogP contribution in [0.15, 0.2) is 29.2 Å². The second kappa shape index (κ2) is 7.39. The van der Waals surface area contributed by atoms with Gasteiger partial charge in [-0.3, -0.25) is 0 Å². The van der Waals surface area contributed by atoms with Crippen molar-refractivity contribution in [3.63, 3.8) is 0 Å². The summed E-state index contributed by atoms with van der Waals surface area (Å²) in [4.78, 5) is 1.29. The maximum atomic E-state index is 6.13. The molecule has 1 aromatic rings. The number of hydrogen-bond donors (Lipinski definition) is 1. The Bertz CT molecular complexity index is 460. The normalized spacial score (nSPS) is 26.8. The molecule has 3 unspecified atom stereocenters.